The van der Waals surface area contributed by atoms with Gasteiger partial charge in [-0.25, -0.2) is 0 Å². The van der Waals surface area contributed by atoms with Crippen LogP contribution >= 0.6 is 15.9 Å². The topological polar surface area (TPSA) is 108 Å². The molecule has 8 aromatic rings. The molecule has 53 heavy (non-hydrogen) atoms. The van der Waals surface area contributed by atoms with Gasteiger partial charge in [-0.1, -0.05) is 128 Å². The van der Waals surface area contributed by atoms with Gasteiger partial charge < -0.3 is 30.0 Å². The molecular formula is C45H47BBrN2O4. The van der Waals surface area contributed by atoms with Crippen LogP contribution < -0.4 is 16.1 Å². The maximum Gasteiger partial charge on any atom is 0.569 e. The lowest BCUT2D eigenvalue weighted by Gasteiger charge is -2.20. The van der Waals surface area contributed by atoms with Crippen molar-refractivity contribution in [2.75, 3.05) is 11.5 Å². The molecule has 2 heterocycles. The van der Waals surface area contributed by atoms with Crippen LogP contribution in [0.25, 0.3) is 55.0 Å². The van der Waals surface area contributed by atoms with E-state index in [1.54, 1.807) is 6.07 Å². The van der Waals surface area contributed by atoms with Crippen LogP contribution in [0.2, 0.25) is 0 Å². The van der Waals surface area contributed by atoms with Crippen LogP contribution in [0.15, 0.2) is 135 Å². The molecule has 0 saturated heterocycles. The second-order valence-electron chi connectivity index (χ2n) is 14.8. The fraction of sp³-hybridized carbons (Fsp3) is 0.200. The third-order valence-electron chi connectivity index (χ3n) is 9.03. The Balaban J connectivity index is 0.000000162. The summed E-state index contributed by atoms with van der Waals surface area (Å²) in [6, 6.07) is 40.1. The summed E-state index contributed by atoms with van der Waals surface area (Å²) in [5.74, 6) is 0.510. The van der Waals surface area contributed by atoms with Gasteiger partial charge in [-0.2, -0.15) is 0 Å². The Morgan fingerprint density at radius 2 is 1.06 bits per heavy atom. The highest BCUT2D eigenvalue weighted by molar-refractivity contribution is 9.10. The molecular weight excluding hydrogens is 723 g/mol. The lowest BCUT2D eigenvalue weighted by atomic mass is 9.85. The second kappa shape index (κ2) is 15.8. The average molecular weight is 771 g/mol. The zero-order valence-corrected chi connectivity index (χ0v) is 31.9. The summed E-state index contributed by atoms with van der Waals surface area (Å²) in [4.78, 5) is 0. The van der Waals surface area contributed by atoms with Crippen LogP contribution in [-0.4, -0.2) is 12.7 Å². The van der Waals surface area contributed by atoms with Gasteiger partial charge in [0.2, 0.25) is 0 Å². The van der Waals surface area contributed by atoms with E-state index < -0.39 is 0 Å². The Morgan fingerprint density at radius 3 is 1.62 bits per heavy atom. The van der Waals surface area contributed by atoms with Crippen LogP contribution in [0.4, 0.5) is 11.4 Å². The molecule has 8 heteroatoms. The fourth-order valence-corrected chi connectivity index (χ4v) is 6.46. The predicted molar refractivity (Wildman–Crippen MR) is 229 cm³/mol. The van der Waals surface area contributed by atoms with Crippen molar-refractivity contribution in [3.05, 3.63) is 137 Å². The first-order valence-electron chi connectivity index (χ1n) is 17.1. The van der Waals surface area contributed by atoms with Gasteiger partial charge in [0.15, 0.2) is 5.58 Å². The van der Waals surface area contributed by atoms with Gasteiger partial charge in [0, 0.05) is 48.5 Å². The number of hydrogen-bond donors (Lipinski definition) is 3. The molecule has 0 atom stereocenters. The first-order valence-corrected chi connectivity index (χ1v) is 17.9. The van der Waals surface area contributed by atoms with Crippen molar-refractivity contribution in [2.24, 2.45) is 0 Å². The van der Waals surface area contributed by atoms with Crippen LogP contribution in [0.1, 0.15) is 60.1 Å². The number of nitrogen functional groups attached to an aromatic ring is 2. The Hall–Kier alpha value is -5.18. The van der Waals surface area contributed by atoms with Crippen LogP contribution in [0, 0.1) is 0 Å². The Bertz CT molecular complexity index is 2510. The van der Waals surface area contributed by atoms with Gasteiger partial charge in [0.25, 0.3) is 0 Å². The summed E-state index contributed by atoms with van der Waals surface area (Å²) >= 11 is 3.41. The number of rotatable bonds is 3. The van der Waals surface area contributed by atoms with Crippen molar-refractivity contribution >= 4 is 78.9 Å². The van der Waals surface area contributed by atoms with Crippen molar-refractivity contribution < 1.29 is 18.5 Å². The number of halogens is 1. The lowest BCUT2D eigenvalue weighted by Crippen LogP contribution is -2.11. The Morgan fingerprint density at radius 1 is 0.566 bits per heavy atom. The highest BCUT2D eigenvalue weighted by atomic mass is 79.9. The maximum absolute atomic E-state index is 8.67. The van der Waals surface area contributed by atoms with E-state index in [9.17, 15) is 0 Å². The highest BCUT2D eigenvalue weighted by Gasteiger charge is 2.19. The molecule has 2 aromatic heterocycles. The van der Waals surface area contributed by atoms with Crippen molar-refractivity contribution in [1.29, 1.82) is 0 Å². The monoisotopic (exact) mass is 769 g/mol. The first kappa shape index (κ1) is 39.0. The number of hydrogen-bond acceptors (Lipinski definition) is 6. The summed E-state index contributed by atoms with van der Waals surface area (Å²) in [6.45, 7) is 13.2. The number of fused-ring (bicyclic) bond motifs is 6. The quantitative estimate of drug-likeness (QED) is 0.122. The van der Waals surface area contributed by atoms with E-state index in [4.69, 9.17) is 30.0 Å². The minimum atomic E-state index is 0. The average Bonchev–Trinajstić information content (AvgIpc) is 3.69. The SMILES string of the molecule is C.CC(C)(C)c1ccc(N)c(-c2cccc3c2oc2ccccc23)c1.CC(C)(C)c1ccc(N)c(Br)c1.O[B]Oc1cccc2c1oc1ccccc12. The lowest BCUT2D eigenvalue weighted by molar-refractivity contribution is 0.451. The fourth-order valence-electron chi connectivity index (χ4n) is 6.08. The number of anilines is 2. The minimum Gasteiger partial charge on any atom is -0.535 e. The maximum atomic E-state index is 8.67. The van der Waals surface area contributed by atoms with Crippen molar-refractivity contribution in [2.45, 2.75) is 59.8 Å². The molecule has 1 radical (unpaired) electrons. The summed E-state index contributed by atoms with van der Waals surface area (Å²) in [6.07, 6.45) is 0. The van der Waals surface area contributed by atoms with Gasteiger partial charge in [-0.15, -0.1) is 0 Å². The first-order chi connectivity index (χ1) is 24.8. The molecule has 0 unspecified atom stereocenters. The Kier molecular flexibility index (Phi) is 11.7. The van der Waals surface area contributed by atoms with Crippen LogP contribution in [0.5, 0.6) is 5.75 Å². The second-order valence-corrected chi connectivity index (χ2v) is 15.6. The largest absolute Gasteiger partial charge is 0.569 e. The van der Waals surface area contributed by atoms with E-state index in [1.165, 1.54) is 11.1 Å². The van der Waals surface area contributed by atoms with E-state index in [0.29, 0.717) is 19.0 Å². The van der Waals surface area contributed by atoms with Crippen LogP contribution in [-0.2, 0) is 10.8 Å². The van der Waals surface area contributed by atoms with Crippen molar-refractivity contribution in [3.8, 4) is 16.9 Å². The van der Waals surface area contributed by atoms with Crippen LogP contribution in [0.3, 0.4) is 0 Å². The molecule has 0 spiro atoms. The molecule has 0 aliphatic carbocycles. The molecule has 0 aliphatic heterocycles. The normalized spacial score (nSPS) is 11.4. The van der Waals surface area contributed by atoms with E-state index >= 15 is 0 Å². The van der Waals surface area contributed by atoms with Gasteiger partial charge >= 0.3 is 7.69 Å². The predicted octanol–water partition coefficient (Wildman–Crippen LogP) is 12.6. The van der Waals surface area contributed by atoms with Crippen molar-refractivity contribution in [3.63, 3.8) is 0 Å². The van der Waals surface area contributed by atoms with E-state index in [2.05, 4.69) is 106 Å². The molecule has 0 amide bonds. The zero-order chi connectivity index (χ0) is 37.2. The molecule has 0 fully saturated rings. The van der Waals surface area contributed by atoms with E-state index in [0.717, 1.165) is 65.3 Å². The number of para-hydroxylation sites is 4. The molecule has 6 aromatic carbocycles. The zero-order valence-electron chi connectivity index (χ0n) is 30.3. The summed E-state index contributed by atoms with van der Waals surface area (Å²) in [5, 5.41) is 13.0. The summed E-state index contributed by atoms with van der Waals surface area (Å²) in [7, 11) is 0.655. The third-order valence-corrected chi connectivity index (χ3v) is 9.71. The molecule has 0 aliphatic rings. The molecule has 6 nitrogen and oxygen atoms in total. The molecule has 0 saturated carbocycles. The number of nitrogens with two attached hydrogens (primary N) is 2. The minimum absolute atomic E-state index is 0. The van der Waals surface area contributed by atoms with Crippen molar-refractivity contribution in [1.82, 2.24) is 0 Å². The number of furan rings is 2. The molecule has 5 N–H and O–H groups in total. The van der Waals surface area contributed by atoms with Gasteiger partial charge in [0.1, 0.15) is 22.5 Å². The summed E-state index contributed by atoms with van der Waals surface area (Å²) < 4.78 is 17.8. The number of benzene rings is 6. The summed E-state index contributed by atoms with van der Waals surface area (Å²) in [5.41, 5.74) is 21.7. The van der Waals surface area contributed by atoms with Gasteiger partial charge in [0.05, 0.1) is 0 Å². The third kappa shape index (κ3) is 8.40. The molecule has 0 bridgehead atoms. The highest BCUT2D eigenvalue weighted by Crippen LogP contribution is 2.39. The van der Waals surface area contributed by atoms with E-state index in [-0.39, 0.29) is 18.3 Å². The smallest absolute Gasteiger partial charge is 0.535 e. The molecule has 8 rings (SSSR count). The van der Waals surface area contributed by atoms with E-state index in [1.807, 2.05) is 66.7 Å². The molecule has 271 valence electrons. The standard InChI is InChI=1S/C22H21NO.C12H8BO3.C10H14BrN.CH4/c1-22(2,3)14-11-12-19(23)18(13-14)17-9-6-8-16-15-7-4-5-10-20(15)24-21(16)17;14-13-16-11-7-3-5-9-8-4-1-2-6-10(8)15-12(9)11;1-10(2,3)7-4-5-9(12)8(11)6-7;/h4-13H,23H2,1-3H3;1-7,14H;4-6H,12H2,1-3H3;1H4. The Labute approximate surface area is 321 Å². The van der Waals surface area contributed by atoms with Gasteiger partial charge in [-0.05, 0) is 80.4 Å². The van der Waals surface area contributed by atoms with Gasteiger partial charge in [-0.3, -0.25) is 0 Å².